The number of thioether (sulfide) groups is 1. The van der Waals surface area contributed by atoms with Crippen LogP contribution in [0.3, 0.4) is 0 Å². The predicted octanol–water partition coefficient (Wildman–Crippen LogP) is 5.93. The molecule has 0 unspecified atom stereocenters. The van der Waals surface area contributed by atoms with Crippen molar-refractivity contribution < 1.29 is 14.3 Å². The first-order chi connectivity index (χ1) is 15.1. The van der Waals surface area contributed by atoms with E-state index in [0.29, 0.717) is 16.7 Å². The third-order valence-corrected chi connectivity index (χ3v) is 5.89. The maximum Gasteiger partial charge on any atom is 0.264 e. The van der Waals surface area contributed by atoms with Crippen LogP contribution in [0.4, 0.5) is 5.69 Å². The molecule has 3 aromatic rings. The van der Waals surface area contributed by atoms with E-state index in [2.05, 4.69) is 26.2 Å². The predicted molar refractivity (Wildman–Crippen MR) is 129 cm³/mol. The van der Waals surface area contributed by atoms with E-state index in [9.17, 15) is 4.79 Å². The highest BCUT2D eigenvalue weighted by atomic mass is 79.9. The number of carbonyl (C=O) groups is 1. The minimum absolute atomic E-state index is 0.159. The van der Waals surface area contributed by atoms with Gasteiger partial charge in [-0.2, -0.15) is 0 Å². The Labute approximate surface area is 193 Å². The number of nitrogens with zero attached hydrogens (tertiary/aromatic N) is 1. The minimum Gasteiger partial charge on any atom is -0.497 e. The smallest absolute Gasteiger partial charge is 0.264 e. The van der Waals surface area contributed by atoms with Gasteiger partial charge < -0.3 is 14.8 Å². The molecular weight excluding hydrogens is 476 g/mol. The van der Waals surface area contributed by atoms with Gasteiger partial charge in [-0.25, -0.2) is 4.99 Å². The number of methoxy groups -OCH3 is 1. The van der Waals surface area contributed by atoms with Crippen LogP contribution in [0.5, 0.6) is 11.5 Å². The molecule has 0 aliphatic carbocycles. The van der Waals surface area contributed by atoms with Crippen LogP contribution in [0.1, 0.15) is 11.1 Å². The van der Waals surface area contributed by atoms with Crippen LogP contribution in [-0.4, -0.2) is 18.2 Å². The molecule has 5 nitrogen and oxygen atoms in total. The number of nitrogens with one attached hydrogen (secondary N) is 1. The molecule has 156 valence electrons. The fourth-order valence-electron chi connectivity index (χ4n) is 2.81. The monoisotopic (exact) mass is 494 g/mol. The highest BCUT2D eigenvalue weighted by Gasteiger charge is 2.23. The van der Waals surface area contributed by atoms with Gasteiger partial charge in [0, 0.05) is 4.47 Å². The molecule has 1 fully saturated rings. The SMILES string of the molecule is COc1ccc(N=C2NC(=O)/C(=C\c3ccc(OCc4ccc(Br)cc4)cc3)S2)cc1. The van der Waals surface area contributed by atoms with Crippen molar-refractivity contribution in [3.8, 4) is 11.5 Å². The maximum atomic E-state index is 12.3. The van der Waals surface area contributed by atoms with Gasteiger partial charge in [-0.3, -0.25) is 4.79 Å². The van der Waals surface area contributed by atoms with Gasteiger partial charge in [-0.15, -0.1) is 0 Å². The van der Waals surface area contributed by atoms with E-state index >= 15 is 0 Å². The fraction of sp³-hybridized carbons (Fsp3) is 0.0833. The van der Waals surface area contributed by atoms with Crippen molar-refractivity contribution in [2.24, 2.45) is 4.99 Å². The molecule has 0 saturated carbocycles. The van der Waals surface area contributed by atoms with Gasteiger partial charge in [0.1, 0.15) is 18.1 Å². The second kappa shape index (κ2) is 9.85. The number of carbonyl (C=O) groups excluding carboxylic acids is 1. The summed E-state index contributed by atoms with van der Waals surface area (Å²) in [7, 11) is 1.62. The van der Waals surface area contributed by atoms with Gasteiger partial charge in [0.15, 0.2) is 5.17 Å². The van der Waals surface area contributed by atoms with E-state index in [0.717, 1.165) is 32.8 Å². The Balaban J connectivity index is 1.39. The van der Waals surface area contributed by atoms with Crippen molar-refractivity contribution in [1.29, 1.82) is 0 Å². The summed E-state index contributed by atoms with van der Waals surface area (Å²) in [5.41, 5.74) is 2.76. The molecule has 1 heterocycles. The van der Waals surface area contributed by atoms with E-state index in [1.165, 1.54) is 11.8 Å². The van der Waals surface area contributed by atoms with E-state index < -0.39 is 0 Å². The molecule has 31 heavy (non-hydrogen) atoms. The molecule has 7 heteroatoms. The van der Waals surface area contributed by atoms with E-state index in [-0.39, 0.29) is 5.91 Å². The molecule has 0 aromatic heterocycles. The van der Waals surface area contributed by atoms with Crippen molar-refractivity contribution in [3.05, 3.63) is 93.3 Å². The third kappa shape index (κ3) is 5.77. The Morgan fingerprint density at radius 2 is 1.65 bits per heavy atom. The van der Waals surface area contributed by atoms with Crippen LogP contribution in [0.2, 0.25) is 0 Å². The quantitative estimate of drug-likeness (QED) is 0.431. The molecule has 3 aromatic carbocycles. The number of hydrogen-bond donors (Lipinski definition) is 1. The lowest BCUT2D eigenvalue weighted by molar-refractivity contribution is -0.115. The van der Waals surface area contributed by atoms with Gasteiger partial charge in [0.25, 0.3) is 5.91 Å². The largest absolute Gasteiger partial charge is 0.497 e. The van der Waals surface area contributed by atoms with E-state index in [4.69, 9.17) is 9.47 Å². The van der Waals surface area contributed by atoms with Crippen molar-refractivity contribution in [3.63, 3.8) is 0 Å². The summed E-state index contributed by atoms with van der Waals surface area (Å²) in [6.07, 6.45) is 1.84. The standard InChI is InChI=1S/C24H19BrN2O3S/c1-29-20-12-8-19(9-13-20)26-24-27-23(28)22(31-24)14-16-4-10-21(11-5-16)30-15-17-2-6-18(25)7-3-17/h2-14H,15H2,1H3,(H,26,27,28)/b22-14+. The summed E-state index contributed by atoms with van der Waals surface area (Å²) in [5, 5.41) is 3.35. The minimum atomic E-state index is -0.159. The number of rotatable bonds is 6. The first-order valence-electron chi connectivity index (χ1n) is 9.50. The number of halogens is 1. The Bertz CT molecular complexity index is 1120. The van der Waals surface area contributed by atoms with Crippen LogP contribution in [0.15, 0.2) is 87.2 Å². The first-order valence-corrected chi connectivity index (χ1v) is 11.1. The summed E-state index contributed by atoms with van der Waals surface area (Å²) in [6.45, 7) is 0.497. The zero-order chi connectivity index (χ0) is 21.6. The van der Waals surface area contributed by atoms with Gasteiger partial charge in [-0.05, 0) is 77.5 Å². The molecular formula is C24H19BrN2O3S. The highest BCUT2D eigenvalue weighted by molar-refractivity contribution is 9.10. The molecule has 4 rings (SSSR count). The van der Waals surface area contributed by atoms with Crippen LogP contribution in [0.25, 0.3) is 6.08 Å². The second-order valence-electron chi connectivity index (χ2n) is 6.66. The number of amides is 1. The fourth-order valence-corrected chi connectivity index (χ4v) is 3.92. The molecule has 0 radical (unpaired) electrons. The van der Waals surface area contributed by atoms with Crippen molar-refractivity contribution in [1.82, 2.24) is 5.32 Å². The van der Waals surface area contributed by atoms with E-state index in [1.54, 1.807) is 7.11 Å². The van der Waals surface area contributed by atoms with E-state index in [1.807, 2.05) is 78.9 Å². The second-order valence-corrected chi connectivity index (χ2v) is 8.61. The lowest BCUT2D eigenvalue weighted by atomic mass is 10.2. The summed E-state index contributed by atoms with van der Waals surface area (Å²) in [4.78, 5) is 17.4. The molecule has 1 aliphatic heterocycles. The Morgan fingerprint density at radius 3 is 2.32 bits per heavy atom. The molecule has 1 saturated heterocycles. The van der Waals surface area contributed by atoms with Crippen LogP contribution >= 0.6 is 27.7 Å². The number of hydrogen-bond acceptors (Lipinski definition) is 5. The number of benzene rings is 3. The zero-order valence-electron chi connectivity index (χ0n) is 16.7. The van der Waals surface area contributed by atoms with Crippen molar-refractivity contribution in [2.75, 3.05) is 7.11 Å². The first kappa shape index (κ1) is 21.2. The number of amidine groups is 1. The average molecular weight is 495 g/mol. The Kier molecular flexibility index (Phi) is 6.74. The van der Waals surface area contributed by atoms with Crippen LogP contribution < -0.4 is 14.8 Å². The molecule has 1 amide bonds. The molecule has 1 N–H and O–H groups in total. The maximum absolute atomic E-state index is 12.3. The summed E-state index contributed by atoms with van der Waals surface area (Å²) in [5.74, 6) is 1.38. The van der Waals surface area contributed by atoms with Gasteiger partial charge in [-0.1, -0.05) is 40.2 Å². The highest BCUT2D eigenvalue weighted by Crippen LogP contribution is 2.29. The number of ether oxygens (including phenoxy) is 2. The summed E-state index contributed by atoms with van der Waals surface area (Å²) < 4.78 is 12.0. The molecule has 0 spiro atoms. The zero-order valence-corrected chi connectivity index (χ0v) is 19.1. The number of aliphatic imine (C=N–C) groups is 1. The van der Waals surface area contributed by atoms with Crippen molar-refractivity contribution >= 4 is 50.5 Å². The Hall–Kier alpha value is -3.03. The lowest BCUT2D eigenvalue weighted by Gasteiger charge is -2.07. The third-order valence-electron chi connectivity index (χ3n) is 4.45. The molecule has 0 atom stereocenters. The van der Waals surface area contributed by atoms with Gasteiger partial charge >= 0.3 is 0 Å². The normalized spacial score (nSPS) is 15.9. The van der Waals surface area contributed by atoms with Gasteiger partial charge in [0.05, 0.1) is 17.7 Å². The van der Waals surface area contributed by atoms with Crippen LogP contribution in [0, 0.1) is 0 Å². The summed E-state index contributed by atoms with van der Waals surface area (Å²) >= 11 is 4.74. The Morgan fingerprint density at radius 1 is 0.968 bits per heavy atom. The van der Waals surface area contributed by atoms with Gasteiger partial charge in [0.2, 0.25) is 0 Å². The average Bonchev–Trinajstić information content (AvgIpc) is 3.13. The molecule has 1 aliphatic rings. The summed E-state index contributed by atoms with van der Waals surface area (Å²) in [6, 6.07) is 23.0. The lowest BCUT2D eigenvalue weighted by Crippen LogP contribution is -2.19. The van der Waals surface area contributed by atoms with Crippen molar-refractivity contribution in [2.45, 2.75) is 6.61 Å². The molecule has 0 bridgehead atoms. The topological polar surface area (TPSA) is 59.9 Å². The van der Waals surface area contributed by atoms with Crippen LogP contribution in [-0.2, 0) is 11.4 Å².